The fourth-order valence-corrected chi connectivity index (χ4v) is 1.92. The van der Waals surface area contributed by atoms with Crippen LogP contribution in [0.5, 0.6) is 0 Å². The van der Waals surface area contributed by atoms with E-state index in [1.54, 1.807) is 12.1 Å². The lowest BCUT2D eigenvalue weighted by Gasteiger charge is -2.10. The molecule has 0 fully saturated rings. The molecule has 0 aromatic heterocycles. The summed E-state index contributed by atoms with van der Waals surface area (Å²) in [5.41, 5.74) is 0.486. The van der Waals surface area contributed by atoms with Gasteiger partial charge in [-0.1, -0.05) is 29.3 Å². The summed E-state index contributed by atoms with van der Waals surface area (Å²) < 4.78 is 4.81. The molecule has 1 aromatic rings. The Morgan fingerprint density at radius 2 is 2.24 bits per heavy atom. The van der Waals surface area contributed by atoms with Crippen molar-refractivity contribution in [3.8, 4) is 6.07 Å². The van der Waals surface area contributed by atoms with Gasteiger partial charge in [0, 0.05) is 23.6 Å². The van der Waals surface area contributed by atoms with Crippen LogP contribution in [0.2, 0.25) is 10.0 Å². The highest BCUT2D eigenvalue weighted by molar-refractivity contribution is 6.35. The standard InChI is InChI=1S/C12H11Cl2NO2/c1-17-5-4-12(16)10(7-15)9-3-2-8(13)6-11(9)14/h2-3,6,10H,4-5H2,1H3. The van der Waals surface area contributed by atoms with Gasteiger partial charge < -0.3 is 4.74 Å². The van der Waals surface area contributed by atoms with Gasteiger partial charge in [0.2, 0.25) is 0 Å². The van der Waals surface area contributed by atoms with Gasteiger partial charge in [-0.2, -0.15) is 5.26 Å². The molecule has 0 bridgehead atoms. The second-order valence-corrected chi connectivity index (χ2v) is 4.28. The number of hydrogen-bond donors (Lipinski definition) is 0. The SMILES string of the molecule is COCCC(=O)C(C#N)c1ccc(Cl)cc1Cl. The molecule has 1 unspecified atom stereocenters. The smallest absolute Gasteiger partial charge is 0.156 e. The molecule has 3 nitrogen and oxygen atoms in total. The van der Waals surface area contributed by atoms with Crippen molar-refractivity contribution in [1.29, 1.82) is 5.26 Å². The number of ether oxygens (including phenoxy) is 1. The van der Waals surface area contributed by atoms with Crippen molar-refractivity contribution >= 4 is 29.0 Å². The number of Topliss-reactive ketones (excluding diaryl/α,β-unsaturated/α-hetero) is 1. The summed E-state index contributed by atoms with van der Waals surface area (Å²) in [4.78, 5) is 11.8. The minimum absolute atomic E-state index is 0.188. The Bertz CT molecular complexity index is 454. The van der Waals surface area contributed by atoms with Gasteiger partial charge in [-0.25, -0.2) is 0 Å². The van der Waals surface area contributed by atoms with Crippen LogP contribution in [0.15, 0.2) is 18.2 Å². The van der Waals surface area contributed by atoms with E-state index in [0.717, 1.165) is 0 Å². The quantitative estimate of drug-likeness (QED) is 0.826. The Balaban J connectivity index is 2.94. The summed E-state index contributed by atoms with van der Waals surface area (Å²) in [5.74, 6) is -1.08. The maximum atomic E-state index is 11.8. The Morgan fingerprint density at radius 3 is 2.76 bits per heavy atom. The molecule has 90 valence electrons. The maximum Gasteiger partial charge on any atom is 0.156 e. The molecular weight excluding hydrogens is 261 g/mol. The number of ketones is 1. The molecule has 0 aliphatic rings. The number of methoxy groups -OCH3 is 1. The van der Waals surface area contributed by atoms with Crippen molar-refractivity contribution in [1.82, 2.24) is 0 Å². The van der Waals surface area contributed by atoms with Crippen LogP contribution >= 0.6 is 23.2 Å². The summed E-state index contributed by atoms with van der Waals surface area (Å²) in [6, 6.07) is 6.68. The van der Waals surface area contributed by atoms with Gasteiger partial charge in [0.15, 0.2) is 5.78 Å². The zero-order valence-electron chi connectivity index (χ0n) is 9.24. The first kappa shape index (κ1) is 14.0. The Labute approximate surface area is 110 Å². The number of carbonyl (C=O) groups is 1. The van der Waals surface area contributed by atoms with E-state index in [-0.39, 0.29) is 12.2 Å². The van der Waals surface area contributed by atoms with Crippen molar-refractivity contribution in [2.45, 2.75) is 12.3 Å². The Hall–Kier alpha value is -1.08. The fourth-order valence-electron chi connectivity index (χ4n) is 1.40. The van der Waals surface area contributed by atoms with E-state index < -0.39 is 5.92 Å². The molecule has 0 aliphatic heterocycles. The molecule has 5 heteroatoms. The number of nitrogens with zero attached hydrogens (tertiary/aromatic N) is 1. The lowest BCUT2D eigenvalue weighted by Crippen LogP contribution is -2.13. The van der Waals surface area contributed by atoms with Gasteiger partial charge in [-0.15, -0.1) is 0 Å². The topological polar surface area (TPSA) is 50.1 Å². The maximum absolute atomic E-state index is 11.8. The molecule has 0 saturated heterocycles. The molecular formula is C12H11Cl2NO2. The van der Waals surface area contributed by atoms with Crippen LogP contribution in [0.3, 0.4) is 0 Å². The summed E-state index contributed by atoms with van der Waals surface area (Å²) in [6.07, 6.45) is 0.188. The third kappa shape index (κ3) is 3.71. The zero-order valence-corrected chi connectivity index (χ0v) is 10.8. The predicted octanol–water partition coefficient (Wildman–Crippen LogP) is 3.21. The van der Waals surface area contributed by atoms with E-state index >= 15 is 0 Å². The highest BCUT2D eigenvalue weighted by Crippen LogP contribution is 2.28. The monoisotopic (exact) mass is 271 g/mol. The third-order valence-electron chi connectivity index (χ3n) is 2.28. The van der Waals surface area contributed by atoms with Gasteiger partial charge in [0.05, 0.1) is 12.7 Å². The largest absolute Gasteiger partial charge is 0.384 e. The first-order valence-electron chi connectivity index (χ1n) is 4.96. The third-order valence-corrected chi connectivity index (χ3v) is 2.84. The van der Waals surface area contributed by atoms with E-state index in [1.165, 1.54) is 13.2 Å². The van der Waals surface area contributed by atoms with E-state index in [0.29, 0.717) is 22.2 Å². The first-order chi connectivity index (χ1) is 8.10. The van der Waals surface area contributed by atoms with E-state index in [4.69, 9.17) is 33.2 Å². The Morgan fingerprint density at radius 1 is 1.53 bits per heavy atom. The molecule has 0 saturated carbocycles. The molecule has 0 aliphatic carbocycles. The van der Waals surface area contributed by atoms with Crippen LogP contribution < -0.4 is 0 Å². The zero-order chi connectivity index (χ0) is 12.8. The summed E-state index contributed by atoms with van der Waals surface area (Å²) in [6.45, 7) is 0.294. The van der Waals surface area contributed by atoms with Crippen LogP contribution in [0.25, 0.3) is 0 Å². The number of hydrogen-bond acceptors (Lipinski definition) is 3. The minimum atomic E-state index is -0.866. The van der Waals surface area contributed by atoms with Gasteiger partial charge in [0.25, 0.3) is 0 Å². The average Bonchev–Trinajstić information content (AvgIpc) is 2.30. The number of nitriles is 1. The second kappa shape index (κ2) is 6.61. The van der Waals surface area contributed by atoms with Crippen molar-refractivity contribution in [3.63, 3.8) is 0 Å². The lowest BCUT2D eigenvalue weighted by atomic mass is 9.94. The average molecular weight is 272 g/mol. The Kier molecular flexibility index (Phi) is 5.43. The minimum Gasteiger partial charge on any atom is -0.384 e. The molecule has 0 heterocycles. The number of halogens is 2. The van der Waals surface area contributed by atoms with Crippen molar-refractivity contribution in [3.05, 3.63) is 33.8 Å². The lowest BCUT2D eigenvalue weighted by molar-refractivity contribution is -0.120. The number of benzene rings is 1. The molecule has 0 amide bonds. The van der Waals surface area contributed by atoms with Gasteiger partial charge in [-0.3, -0.25) is 4.79 Å². The van der Waals surface area contributed by atoms with Crippen molar-refractivity contribution in [2.24, 2.45) is 0 Å². The number of carbonyl (C=O) groups excluding carboxylic acids is 1. The first-order valence-corrected chi connectivity index (χ1v) is 5.72. The van der Waals surface area contributed by atoms with E-state index in [9.17, 15) is 4.79 Å². The molecule has 1 atom stereocenters. The summed E-state index contributed by atoms with van der Waals surface area (Å²) >= 11 is 11.7. The highest BCUT2D eigenvalue weighted by Gasteiger charge is 2.22. The van der Waals surface area contributed by atoms with Gasteiger partial charge >= 0.3 is 0 Å². The van der Waals surface area contributed by atoms with E-state index in [2.05, 4.69) is 0 Å². The highest BCUT2D eigenvalue weighted by atomic mass is 35.5. The predicted molar refractivity (Wildman–Crippen MR) is 66.3 cm³/mol. The van der Waals surface area contributed by atoms with E-state index in [1.807, 2.05) is 6.07 Å². The molecule has 1 rings (SSSR count). The molecule has 0 radical (unpaired) electrons. The molecule has 17 heavy (non-hydrogen) atoms. The van der Waals surface area contributed by atoms with Crippen LogP contribution in [0, 0.1) is 11.3 Å². The van der Waals surface area contributed by atoms with Gasteiger partial charge in [0.1, 0.15) is 5.92 Å². The van der Waals surface area contributed by atoms with Gasteiger partial charge in [-0.05, 0) is 17.7 Å². The van der Waals surface area contributed by atoms with Crippen molar-refractivity contribution in [2.75, 3.05) is 13.7 Å². The van der Waals surface area contributed by atoms with Crippen molar-refractivity contribution < 1.29 is 9.53 Å². The van der Waals surface area contributed by atoms with Crippen LogP contribution in [0.4, 0.5) is 0 Å². The molecule has 0 spiro atoms. The summed E-state index contributed by atoms with van der Waals surface area (Å²) in [7, 11) is 1.50. The normalized spacial score (nSPS) is 11.9. The van der Waals surface area contributed by atoms with Crippen LogP contribution in [-0.4, -0.2) is 19.5 Å². The molecule has 0 N–H and O–H groups in total. The van der Waals surface area contributed by atoms with Crippen LogP contribution in [-0.2, 0) is 9.53 Å². The second-order valence-electron chi connectivity index (χ2n) is 3.44. The number of rotatable bonds is 5. The fraction of sp³-hybridized carbons (Fsp3) is 0.333. The summed E-state index contributed by atoms with van der Waals surface area (Å²) in [5, 5.41) is 9.84. The van der Waals surface area contributed by atoms with Crippen LogP contribution in [0.1, 0.15) is 17.9 Å². The molecule has 1 aromatic carbocycles.